The van der Waals surface area contributed by atoms with Gasteiger partial charge in [0, 0.05) is 6.04 Å². The Labute approximate surface area is 109 Å². The molecular formula is C13H16F3NO2. The van der Waals surface area contributed by atoms with Crippen molar-refractivity contribution in [1.29, 1.82) is 0 Å². The van der Waals surface area contributed by atoms with Gasteiger partial charge in [0.25, 0.3) is 0 Å². The fourth-order valence-corrected chi connectivity index (χ4v) is 2.06. The van der Waals surface area contributed by atoms with Gasteiger partial charge >= 0.3 is 12.1 Å². The number of carboxylic acid groups (broad SMARTS) is 1. The molecule has 0 fully saturated rings. The third-order valence-corrected chi connectivity index (χ3v) is 2.73. The molecule has 0 aromatic heterocycles. The summed E-state index contributed by atoms with van der Waals surface area (Å²) >= 11 is 0. The van der Waals surface area contributed by atoms with Gasteiger partial charge in [-0.2, -0.15) is 13.2 Å². The second kappa shape index (κ2) is 6.56. The summed E-state index contributed by atoms with van der Waals surface area (Å²) in [4.78, 5) is 11.7. The second-order valence-electron chi connectivity index (χ2n) is 4.25. The molecule has 0 amide bonds. The van der Waals surface area contributed by atoms with Crippen LogP contribution in [0.25, 0.3) is 0 Å². The molecule has 1 atom stereocenters. The minimum Gasteiger partial charge on any atom is -0.480 e. The highest BCUT2D eigenvalue weighted by atomic mass is 19.4. The predicted molar refractivity (Wildman–Crippen MR) is 64.7 cm³/mol. The highest BCUT2D eigenvalue weighted by molar-refractivity contribution is 5.69. The molecule has 0 spiro atoms. The highest BCUT2D eigenvalue weighted by Gasteiger charge is 2.34. The molecule has 0 radical (unpaired) electrons. The van der Waals surface area contributed by atoms with Gasteiger partial charge in [-0.1, -0.05) is 37.3 Å². The van der Waals surface area contributed by atoms with Gasteiger partial charge in [-0.25, -0.2) is 0 Å². The summed E-state index contributed by atoms with van der Waals surface area (Å²) in [7, 11) is 0. The van der Waals surface area contributed by atoms with Crippen molar-refractivity contribution >= 4 is 5.97 Å². The van der Waals surface area contributed by atoms with E-state index in [1.165, 1.54) is 0 Å². The zero-order chi connectivity index (χ0) is 14.5. The average molecular weight is 275 g/mol. The van der Waals surface area contributed by atoms with E-state index >= 15 is 0 Å². The first-order valence-electron chi connectivity index (χ1n) is 5.91. The number of nitrogens with zero attached hydrogens (tertiary/aromatic N) is 1. The van der Waals surface area contributed by atoms with Gasteiger partial charge in [0.2, 0.25) is 0 Å². The van der Waals surface area contributed by atoms with Gasteiger partial charge in [0.1, 0.15) is 0 Å². The minimum atomic E-state index is -4.42. The zero-order valence-corrected chi connectivity index (χ0v) is 10.5. The van der Waals surface area contributed by atoms with Crippen LogP contribution < -0.4 is 0 Å². The van der Waals surface area contributed by atoms with Crippen LogP contribution in [0.4, 0.5) is 13.2 Å². The van der Waals surface area contributed by atoms with Crippen LogP contribution in [0.2, 0.25) is 0 Å². The van der Waals surface area contributed by atoms with E-state index in [4.69, 9.17) is 5.11 Å². The van der Waals surface area contributed by atoms with E-state index in [0.717, 1.165) is 4.90 Å². The summed E-state index contributed by atoms with van der Waals surface area (Å²) in [5, 5.41) is 8.76. The maximum absolute atomic E-state index is 12.5. The van der Waals surface area contributed by atoms with Crippen molar-refractivity contribution in [2.24, 2.45) is 0 Å². The number of carboxylic acids is 1. The Bertz CT molecular complexity index is 406. The number of rotatable bonds is 6. The van der Waals surface area contributed by atoms with Gasteiger partial charge in [0.15, 0.2) is 0 Å². The average Bonchev–Trinajstić information content (AvgIpc) is 2.28. The standard InChI is InChI=1S/C13H16F3NO2/c1-2-11(10-6-4-3-5-7-10)17(8-12(18)19)9-13(14,15)16/h3-7,11H,2,8-9H2,1H3,(H,18,19). The van der Waals surface area contributed by atoms with E-state index in [-0.39, 0.29) is 0 Å². The fraction of sp³-hybridized carbons (Fsp3) is 0.462. The smallest absolute Gasteiger partial charge is 0.401 e. The molecule has 1 aromatic carbocycles. The Balaban J connectivity index is 2.96. The number of aliphatic carboxylic acids is 1. The number of carbonyl (C=O) groups is 1. The molecular weight excluding hydrogens is 259 g/mol. The zero-order valence-electron chi connectivity index (χ0n) is 10.5. The Hall–Kier alpha value is -1.56. The van der Waals surface area contributed by atoms with Crippen molar-refractivity contribution in [2.75, 3.05) is 13.1 Å². The molecule has 0 saturated heterocycles. The first kappa shape index (κ1) is 15.5. The molecule has 1 N–H and O–H groups in total. The van der Waals surface area contributed by atoms with Crippen molar-refractivity contribution < 1.29 is 23.1 Å². The summed E-state index contributed by atoms with van der Waals surface area (Å²) in [6.45, 7) is -0.123. The quantitative estimate of drug-likeness (QED) is 0.867. The van der Waals surface area contributed by atoms with Crippen LogP contribution in [-0.2, 0) is 4.79 Å². The molecule has 0 heterocycles. The first-order chi connectivity index (χ1) is 8.83. The lowest BCUT2D eigenvalue weighted by Crippen LogP contribution is -2.40. The largest absolute Gasteiger partial charge is 0.480 e. The summed E-state index contributed by atoms with van der Waals surface area (Å²) in [5.74, 6) is -1.27. The summed E-state index contributed by atoms with van der Waals surface area (Å²) < 4.78 is 37.6. The number of halogens is 3. The van der Waals surface area contributed by atoms with E-state index in [9.17, 15) is 18.0 Å². The molecule has 106 valence electrons. The van der Waals surface area contributed by atoms with Crippen molar-refractivity contribution in [3.8, 4) is 0 Å². The fourth-order valence-electron chi connectivity index (χ4n) is 2.06. The molecule has 1 unspecified atom stereocenters. The molecule has 3 nitrogen and oxygen atoms in total. The van der Waals surface area contributed by atoms with E-state index in [1.54, 1.807) is 37.3 Å². The maximum Gasteiger partial charge on any atom is 0.401 e. The molecule has 1 aromatic rings. The third-order valence-electron chi connectivity index (χ3n) is 2.73. The highest BCUT2D eigenvalue weighted by Crippen LogP contribution is 2.27. The van der Waals surface area contributed by atoms with Crippen LogP contribution in [-0.4, -0.2) is 35.2 Å². The van der Waals surface area contributed by atoms with Crippen molar-refractivity contribution in [1.82, 2.24) is 4.90 Å². The van der Waals surface area contributed by atoms with Crippen molar-refractivity contribution in [2.45, 2.75) is 25.6 Å². The van der Waals surface area contributed by atoms with E-state index in [0.29, 0.717) is 12.0 Å². The molecule has 6 heteroatoms. The SMILES string of the molecule is CCC(c1ccccc1)N(CC(=O)O)CC(F)(F)F. The first-order valence-corrected chi connectivity index (χ1v) is 5.91. The van der Waals surface area contributed by atoms with Crippen LogP contribution in [0.5, 0.6) is 0 Å². The molecule has 0 saturated carbocycles. The van der Waals surface area contributed by atoms with Crippen LogP contribution >= 0.6 is 0 Å². The Morgan fingerprint density at radius 1 is 1.32 bits per heavy atom. The molecule has 1 rings (SSSR count). The number of hydrogen-bond donors (Lipinski definition) is 1. The van der Waals surface area contributed by atoms with Gasteiger partial charge < -0.3 is 5.11 Å². The Morgan fingerprint density at radius 3 is 2.32 bits per heavy atom. The molecule has 0 bridgehead atoms. The van der Waals surface area contributed by atoms with Gasteiger partial charge in [-0.05, 0) is 12.0 Å². The number of hydrogen-bond acceptors (Lipinski definition) is 2. The Kier molecular flexibility index (Phi) is 5.35. The van der Waals surface area contributed by atoms with E-state index in [1.807, 2.05) is 0 Å². The van der Waals surface area contributed by atoms with Crippen molar-refractivity contribution in [3.05, 3.63) is 35.9 Å². The third kappa shape index (κ3) is 5.30. The summed E-state index contributed by atoms with van der Waals surface area (Å²) in [6.07, 6.45) is -4.01. The van der Waals surface area contributed by atoms with Gasteiger partial charge in [0.05, 0.1) is 13.1 Å². The van der Waals surface area contributed by atoms with Crippen LogP contribution in [0.15, 0.2) is 30.3 Å². The van der Waals surface area contributed by atoms with Gasteiger partial charge in [-0.15, -0.1) is 0 Å². The van der Waals surface area contributed by atoms with Crippen molar-refractivity contribution in [3.63, 3.8) is 0 Å². The topological polar surface area (TPSA) is 40.5 Å². The predicted octanol–water partition coefficient (Wildman–Crippen LogP) is 3.09. The Morgan fingerprint density at radius 2 is 1.89 bits per heavy atom. The lowest BCUT2D eigenvalue weighted by molar-refractivity contribution is -0.158. The number of benzene rings is 1. The molecule has 0 aliphatic carbocycles. The van der Waals surface area contributed by atoms with Gasteiger partial charge in [-0.3, -0.25) is 9.69 Å². The van der Waals surface area contributed by atoms with E-state index < -0.39 is 31.3 Å². The summed E-state index contributed by atoms with van der Waals surface area (Å²) in [5.41, 5.74) is 0.690. The van der Waals surface area contributed by atoms with Crippen LogP contribution in [0.1, 0.15) is 24.9 Å². The minimum absolute atomic E-state index is 0.410. The molecule has 0 aliphatic heterocycles. The molecule has 19 heavy (non-hydrogen) atoms. The second-order valence-corrected chi connectivity index (χ2v) is 4.25. The lowest BCUT2D eigenvalue weighted by atomic mass is 10.0. The maximum atomic E-state index is 12.5. The van der Waals surface area contributed by atoms with E-state index in [2.05, 4.69) is 0 Å². The monoisotopic (exact) mass is 275 g/mol. The van der Waals surface area contributed by atoms with Crippen LogP contribution in [0, 0.1) is 0 Å². The number of alkyl halides is 3. The lowest BCUT2D eigenvalue weighted by Gasteiger charge is -2.30. The summed E-state index contributed by atoms with van der Waals surface area (Å²) in [6, 6.07) is 8.08. The normalized spacial score (nSPS) is 13.5. The van der Waals surface area contributed by atoms with Crippen LogP contribution in [0.3, 0.4) is 0 Å². The molecule has 0 aliphatic rings.